The van der Waals surface area contributed by atoms with Crippen LogP contribution in [0.3, 0.4) is 0 Å². The standard InChI is InChI=1S/C26H49N5O8S2/c1-6-21(33)28-12-14-39-16-15-38-13-10-22(34)30-19(9-7-8-11-29-24(36)18(2)32)25(37)31-20(23(27)35)17-40-41-26(3,4)5/h18-20,32H,6-17H2,1-5H3,(H2,27,35)(H,28,33)(H,29,36)(H,30,34)(H,31,37). The van der Waals surface area contributed by atoms with Crippen molar-refractivity contribution in [2.75, 3.05) is 45.3 Å². The number of hydrogen-bond donors (Lipinski definition) is 6. The molecule has 41 heavy (non-hydrogen) atoms. The zero-order valence-electron chi connectivity index (χ0n) is 24.9. The maximum atomic E-state index is 13.1. The van der Waals surface area contributed by atoms with Crippen LogP contribution in [0.2, 0.25) is 0 Å². The molecule has 0 aliphatic carbocycles. The molecule has 0 aromatic carbocycles. The van der Waals surface area contributed by atoms with E-state index in [1.54, 1.807) is 17.7 Å². The van der Waals surface area contributed by atoms with Crippen molar-refractivity contribution < 1.29 is 38.6 Å². The molecule has 0 saturated heterocycles. The highest BCUT2D eigenvalue weighted by Crippen LogP contribution is 2.35. The van der Waals surface area contributed by atoms with Crippen molar-refractivity contribution in [1.82, 2.24) is 21.3 Å². The Hall–Kier alpha value is -2.07. The fraction of sp³-hybridized carbons (Fsp3) is 0.808. The molecule has 0 rings (SSSR count). The second kappa shape index (κ2) is 22.5. The minimum absolute atomic E-state index is 0.0120. The zero-order valence-corrected chi connectivity index (χ0v) is 26.5. The molecule has 0 saturated carbocycles. The van der Waals surface area contributed by atoms with Gasteiger partial charge in [0, 0.05) is 36.4 Å². The van der Waals surface area contributed by atoms with E-state index in [2.05, 4.69) is 21.3 Å². The van der Waals surface area contributed by atoms with E-state index in [1.165, 1.54) is 17.7 Å². The molecule has 0 bridgehead atoms. The zero-order chi connectivity index (χ0) is 31.3. The van der Waals surface area contributed by atoms with Gasteiger partial charge < -0.3 is 41.6 Å². The summed E-state index contributed by atoms with van der Waals surface area (Å²) in [5.74, 6) is -1.86. The lowest BCUT2D eigenvalue weighted by molar-refractivity contribution is -0.131. The van der Waals surface area contributed by atoms with E-state index in [1.807, 2.05) is 20.8 Å². The van der Waals surface area contributed by atoms with Crippen LogP contribution in [0, 0.1) is 0 Å². The minimum Gasteiger partial charge on any atom is -0.384 e. The molecule has 0 radical (unpaired) electrons. The summed E-state index contributed by atoms with van der Waals surface area (Å²) in [5.41, 5.74) is 5.51. The first-order valence-corrected chi connectivity index (χ1v) is 16.2. The third-order valence-corrected chi connectivity index (χ3v) is 8.54. The number of carbonyl (C=O) groups excluding carboxylic acids is 5. The van der Waals surface area contributed by atoms with Gasteiger partial charge in [-0.2, -0.15) is 0 Å². The summed E-state index contributed by atoms with van der Waals surface area (Å²) in [6, 6.07) is -1.83. The molecule has 0 fully saturated rings. The summed E-state index contributed by atoms with van der Waals surface area (Å²) < 4.78 is 10.7. The lowest BCUT2D eigenvalue weighted by Gasteiger charge is -2.23. The molecule has 5 amide bonds. The maximum Gasteiger partial charge on any atom is 0.248 e. The van der Waals surface area contributed by atoms with Gasteiger partial charge in [-0.05, 0) is 26.2 Å². The number of unbranched alkanes of at least 4 members (excludes halogenated alkanes) is 1. The van der Waals surface area contributed by atoms with E-state index in [-0.39, 0.29) is 42.5 Å². The monoisotopic (exact) mass is 623 g/mol. The second-order valence-electron chi connectivity index (χ2n) is 10.2. The lowest BCUT2D eigenvalue weighted by atomic mass is 10.1. The van der Waals surface area contributed by atoms with Crippen LogP contribution in [0.5, 0.6) is 0 Å². The van der Waals surface area contributed by atoms with Gasteiger partial charge in [0.25, 0.3) is 0 Å². The van der Waals surface area contributed by atoms with Crippen molar-refractivity contribution in [2.24, 2.45) is 5.73 Å². The Morgan fingerprint density at radius 3 is 2.10 bits per heavy atom. The van der Waals surface area contributed by atoms with Crippen LogP contribution >= 0.6 is 21.6 Å². The molecule has 0 aliphatic heterocycles. The van der Waals surface area contributed by atoms with E-state index in [4.69, 9.17) is 15.2 Å². The predicted octanol–water partition coefficient (Wildman–Crippen LogP) is 0.238. The Balaban J connectivity index is 4.76. The Morgan fingerprint density at radius 2 is 1.51 bits per heavy atom. The smallest absolute Gasteiger partial charge is 0.248 e. The molecular formula is C26H49N5O8S2. The normalized spacial score (nSPS) is 13.5. The Labute approximate surface area is 251 Å². The summed E-state index contributed by atoms with van der Waals surface area (Å²) in [6.07, 6.45) is 0.577. The van der Waals surface area contributed by atoms with Crippen LogP contribution in [-0.4, -0.2) is 103 Å². The molecule has 15 heteroatoms. The Bertz CT molecular complexity index is 811. The number of hydrogen-bond acceptors (Lipinski definition) is 10. The molecular weight excluding hydrogens is 574 g/mol. The van der Waals surface area contributed by atoms with Crippen LogP contribution in [0.4, 0.5) is 0 Å². The SMILES string of the molecule is CCC(=O)NCCOCCOCCC(=O)NC(CCCCNC(=O)C(C)O)C(=O)NC(CSSC(C)(C)C)C(N)=O. The fourth-order valence-corrected chi connectivity index (χ4v) is 5.47. The van der Waals surface area contributed by atoms with E-state index in [9.17, 15) is 29.1 Å². The number of amides is 5. The van der Waals surface area contributed by atoms with Crippen LogP contribution in [0.25, 0.3) is 0 Å². The van der Waals surface area contributed by atoms with E-state index in [0.29, 0.717) is 45.6 Å². The van der Waals surface area contributed by atoms with Crippen molar-refractivity contribution in [3.63, 3.8) is 0 Å². The quantitative estimate of drug-likeness (QED) is 0.0677. The summed E-state index contributed by atoms with van der Waals surface area (Å²) in [5, 5.41) is 19.9. The highest BCUT2D eigenvalue weighted by Gasteiger charge is 2.26. The number of nitrogens with one attached hydrogen (secondary N) is 4. The average Bonchev–Trinajstić information content (AvgIpc) is 2.89. The predicted molar refractivity (Wildman–Crippen MR) is 161 cm³/mol. The van der Waals surface area contributed by atoms with Gasteiger partial charge in [0.05, 0.1) is 26.4 Å². The van der Waals surface area contributed by atoms with Crippen molar-refractivity contribution in [2.45, 2.75) is 89.7 Å². The first kappa shape index (κ1) is 38.9. The van der Waals surface area contributed by atoms with E-state index in [0.717, 1.165) is 0 Å². The number of ether oxygens (including phenoxy) is 2. The largest absolute Gasteiger partial charge is 0.384 e. The van der Waals surface area contributed by atoms with Crippen LogP contribution in [0.15, 0.2) is 0 Å². The number of aliphatic hydroxyl groups excluding tert-OH is 1. The number of nitrogens with two attached hydrogens (primary N) is 1. The average molecular weight is 624 g/mol. The van der Waals surface area contributed by atoms with Gasteiger partial charge in [-0.1, -0.05) is 49.3 Å². The van der Waals surface area contributed by atoms with Crippen LogP contribution in [-0.2, 0) is 33.4 Å². The van der Waals surface area contributed by atoms with Gasteiger partial charge >= 0.3 is 0 Å². The maximum absolute atomic E-state index is 13.1. The molecule has 0 heterocycles. The molecule has 0 aromatic heterocycles. The molecule has 0 aliphatic rings. The van der Waals surface area contributed by atoms with Gasteiger partial charge in [-0.25, -0.2) is 0 Å². The van der Waals surface area contributed by atoms with Gasteiger partial charge in [0.2, 0.25) is 29.5 Å². The van der Waals surface area contributed by atoms with Gasteiger partial charge in [-0.3, -0.25) is 24.0 Å². The summed E-state index contributed by atoms with van der Waals surface area (Å²) in [6.45, 7) is 11.0. The molecule has 0 spiro atoms. The first-order valence-electron chi connectivity index (χ1n) is 13.8. The number of primary amides is 1. The van der Waals surface area contributed by atoms with E-state index >= 15 is 0 Å². The molecule has 7 N–H and O–H groups in total. The lowest BCUT2D eigenvalue weighted by Crippen LogP contribution is -2.53. The number of carbonyl (C=O) groups is 5. The summed E-state index contributed by atoms with van der Waals surface area (Å²) in [4.78, 5) is 60.2. The van der Waals surface area contributed by atoms with Gasteiger partial charge in [-0.15, -0.1) is 0 Å². The molecule has 238 valence electrons. The molecule has 3 unspecified atom stereocenters. The fourth-order valence-electron chi connectivity index (χ4n) is 2.99. The number of aliphatic hydroxyl groups is 1. The van der Waals surface area contributed by atoms with Crippen molar-refractivity contribution >= 4 is 51.1 Å². The van der Waals surface area contributed by atoms with Crippen molar-refractivity contribution in [3.8, 4) is 0 Å². The Morgan fingerprint density at radius 1 is 0.854 bits per heavy atom. The van der Waals surface area contributed by atoms with Gasteiger partial charge in [0.1, 0.15) is 18.2 Å². The molecule has 13 nitrogen and oxygen atoms in total. The summed E-state index contributed by atoms with van der Waals surface area (Å²) >= 11 is 0. The van der Waals surface area contributed by atoms with E-state index < -0.39 is 41.8 Å². The highest BCUT2D eigenvalue weighted by atomic mass is 33.1. The first-order chi connectivity index (χ1) is 19.3. The van der Waals surface area contributed by atoms with Crippen molar-refractivity contribution in [1.29, 1.82) is 0 Å². The summed E-state index contributed by atoms with van der Waals surface area (Å²) in [7, 11) is 2.99. The topological polar surface area (TPSA) is 198 Å². The van der Waals surface area contributed by atoms with Crippen molar-refractivity contribution in [3.05, 3.63) is 0 Å². The highest BCUT2D eigenvalue weighted by molar-refractivity contribution is 8.77. The second-order valence-corrected chi connectivity index (χ2v) is 13.4. The minimum atomic E-state index is -1.12. The Kier molecular flexibility index (Phi) is 21.4. The number of rotatable bonds is 23. The van der Waals surface area contributed by atoms with Crippen LogP contribution < -0.4 is 27.0 Å². The van der Waals surface area contributed by atoms with Gasteiger partial charge in [0.15, 0.2) is 0 Å². The third-order valence-electron chi connectivity index (χ3n) is 5.19. The third kappa shape index (κ3) is 22.2. The van der Waals surface area contributed by atoms with Crippen LogP contribution in [0.1, 0.15) is 66.7 Å². The molecule has 3 atom stereocenters. The molecule has 0 aromatic rings.